The summed E-state index contributed by atoms with van der Waals surface area (Å²) < 4.78 is 0.479. The number of aromatic nitrogens is 1. The first-order valence-electron chi connectivity index (χ1n) is 7.13. The number of thioether (sulfide) groups is 2. The fourth-order valence-corrected chi connectivity index (χ4v) is 3.60. The van der Waals surface area contributed by atoms with Gasteiger partial charge in [0.05, 0.1) is 5.10 Å². The van der Waals surface area contributed by atoms with E-state index in [-0.39, 0.29) is 0 Å². The summed E-state index contributed by atoms with van der Waals surface area (Å²) in [6.07, 6.45) is 3.57. The average Bonchev–Trinajstić information content (AvgIpc) is 2.47. The molecule has 0 spiro atoms. The van der Waals surface area contributed by atoms with Crippen LogP contribution in [0.2, 0.25) is 5.15 Å². The third kappa shape index (κ3) is 9.14. The van der Waals surface area contributed by atoms with Gasteiger partial charge in [-0.1, -0.05) is 55.0 Å². The van der Waals surface area contributed by atoms with E-state index in [9.17, 15) is 10.1 Å². The Balaban J connectivity index is 2.57. The van der Waals surface area contributed by atoms with Crippen molar-refractivity contribution in [1.29, 1.82) is 0 Å². The Labute approximate surface area is 150 Å². The van der Waals surface area contributed by atoms with Gasteiger partial charge in [-0.3, -0.25) is 4.90 Å². The summed E-state index contributed by atoms with van der Waals surface area (Å²) in [6, 6.07) is 3.76. The highest BCUT2D eigenvalue weighted by atomic mass is 35.5. The number of nitrogens with zero attached hydrogens (tertiary/aromatic N) is 4. The Kier molecular flexibility index (Phi) is 9.54. The van der Waals surface area contributed by atoms with Gasteiger partial charge >= 0.3 is 0 Å². The molecule has 128 valence electrons. The van der Waals surface area contributed by atoms with Gasteiger partial charge in [-0.15, -0.1) is 0 Å². The van der Waals surface area contributed by atoms with Gasteiger partial charge in [0.25, 0.3) is 0 Å². The maximum atomic E-state index is 10.4. The standard InChI is InChI=1S/C14H21ClN4O2S2/c1-11(2)9-18(10-12-4-5-13(15)16-8-12)6-7-23-14(22-3)17-19(20)21/h4-5,8,11H,6-7,9-10H2,1-3H3/b17-14+. The first-order valence-corrected chi connectivity index (χ1v) is 9.72. The summed E-state index contributed by atoms with van der Waals surface area (Å²) in [6.45, 7) is 6.89. The Morgan fingerprint density at radius 2 is 2.26 bits per heavy atom. The first-order chi connectivity index (χ1) is 10.9. The molecule has 1 rings (SSSR count). The van der Waals surface area contributed by atoms with Crippen LogP contribution in [0.15, 0.2) is 23.4 Å². The van der Waals surface area contributed by atoms with Gasteiger partial charge in [-0.25, -0.2) is 15.1 Å². The summed E-state index contributed by atoms with van der Waals surface area (Å²) in [4.78, 5) is 16.9. The van der Waals surface area contributed by atoms with Crippen molar-refractivity contribution in [2.45, 2.75) is 20.4 Å². The molecule has 9 heteroatoms. The molecule has 1 aromatic rings. The summed E-state index contributed by atoms with van der Waals surface area (Å²) in [7, 11) is 0. The fourth-order valence-electron chi connectivity index (χ4n) is 1.97. The maximum absolute atomic E-state index is 10.4. The Hall–Kier alpha value is -0.830. The number of pyridine rings is 1. The van der Waals surface area contributed by atoms with Crippen molar-refractivity contribution in [2.75, 3.05) is 25.1 Å². The quantitative estimate of drug-likeness (QED) is 0.226. The zero-order chi connectivity index (χ0) is 17.2. The zero-order valence-corrected chi connectivity index (χ0v) is 15.8. The van der Waals surface area contributed by atoms with E-state index >= 15 is 0 Å². The molecule has 0 aliphatic heterocycles. The van der Waals surface area contributed by atoms with E-state index in [1.165, 1.54) is 23.5 Å². The minimum atomic E-state index is -0.649. The van der Waals surface area contributed by atoms with Gasteiger partial charge in [-0.05, 0) is 23.8 Å². The number of nitro groups is 1. The summed E-state index contributed by atoms with van der Waals surface area (Å²) in [5, 5.41) is 13.6. The highest BCUT2D eigenvalue weighted by Crippen LogP contribution is 2.16. The van der Waals surface area contributed by atoms with Crippen LogP contribution in [0.4, 0.5) is 0 Å². The molecule has 0 saturated heterocycles. The molecule has 1 heterocycles. The van der Waals surface area contributed by atoms with Gasteiger partial charge in [0.2, 0.25) is 4.38 Å². The lowest BCUT2D eigenvalue weighted by atomic mass is 10.2. The molecule has 6 nitrogen and oxygen atoms in total. The highest BCUT2D eigenvalue weighted by Gasteiger charge is 2.11. The number of hydrogen-bond acceptors (Lipinski definition) is 6. The van der Waals surface area contributed by atoms with Gasteiger partial charge < -0.3 is 0 Å². The molecule has 0 fully saturated rings. The SMILES string of the molecule is CS/C(=N\[N+](=O)[O-])SCCN(Cc1ccc(Cl)nc1)CC(C)C. The van der Waals surface area contributed by atoms with Crippen molar-refractivity contribution in [3.05, 3.63) is 39.2 Å². The van der Waals surface area contributed by atoms with Crippen molar-refractivity contribution < 1.29 is 5.03 Å². The lowest BCUT2D eigenvalue weighted by Gasteiger charge is -2.24. The second-order valence-electron chi connectivity index (χ2n) is 5.27. The molecule has 0 aromatic carbocycles. The molecule has 0 radical (unpaired) electrons. The maximum Gasteiger partial charge on any atom is 0.203 e. The largest absolute Gasteiger partial charge is 0.298 e. The van der Waals surface area contributed by atoms with Crippen molar-refractivity contribution in [2.24, 2.45) is 11.0 Å². The molecule has 0 bridgehead atoms. The van der Waals surface area contributed by atoms with Gasteiger partial charge in [0.15, 0.2) is 5.03 Å². The predicted molar refractivity (Wildman–Crippen MR) is 99.8 cm³/mol. The number of rotatable bonds is 8. The highest BCUT2D eigenvalue weighted by molar-refractivity contribution is 8.38. The Bertz CT molecular complexity index is 526. The Morgan fingerprint density at radius 3 is 2.78 bits per heavy atom. The first kappa shape index (κ1) is 20.2. The topological polar surface area (TPSA) is 71.6 Å². The second-order valence-corrected chi connectivity index (χ2v) is 7.80. The molecular weight excluding hydrogens is 356 g/mol. The van der Waals surface area contributed by atoms with E-state index in [2.05, 4.69) is 28.8 Å². The van der Waals surface area contributed by atoms with E-state index < -0.39 is 5.03 Å². The van der Waals surface area contributed by atoms with Crippen LogP contribution in [0.3, 0.4) is 0 Å². The molecule has 1 aromatic heterocycles. The van der Waals surface area contributed by atoms with E-state index in [1.54, 1.807) is 18.5 Å². The van der Waals surface area contributed by atoms with Gasteiger partial charge in [-0.2, -0.15) is 0 Å². The lowest BCUT2D eigenvalue weighted by molar-refractivity contribution is -0.484. The van der Waals surface area contributed by atoms with Crippen LogP contribution >= 0.6 is 35.1 Å². The van der Waals surface area contributed by atoms with Crippen LogP contribution in [0.1, 0.15) is 19.4 Å². The van der Waals surface area contributed by atoms with Crippen LogP contribution in [-0.4, -0.2) is 44.4 Å². The van der Waals surface area contributed by atoms with Crippen molar-refractivity contribution in [3.63, 3.8) is 0 Å². The predicted octanol–water partition coefficient (Wildman–Crippen LogP) is 3.84. The monoisotopic (exact) mass is 376 g/mol. The minimum Gasteiger partial charge on any atom is -0.298 e. The van der Waals surface area contributed by atoms with E-state index in [0.717, 1.165) is 31.0 Å². The van der Waals surface area contributed by atoms with E-state index in [1.807, 2.05) is 6.07 Å². The molecule has 0 saturated carbocycles. The molecular formula is C14H21ClN4O2S2. The smallest absolute Gasteiger partial charge is 0.203 e. The number of hydrazone groups is 1. The zero-order valence-electron chi connectivity index (χ0n) is 13.4. The van der Waals surface area contributed by atoms with Gasteiger partial charge in [0, 0.05) is 31.6 Å². The second kappa shape index (κ2) is 10.9. The normalized spacial score (nSPS) is 12.2. The average molecular weight is 377 g/mol. The van der Waals surface area contributed by atoms with Crippen LogP contribution < -0.4 is 0 Å². The summed E-state index contributed by atoms with van der Waals surface area (Å²) in [5.74, 6) is 1.29. The van der Waals surface area contributed by atoms with Crippen LogP contribution in [0, 0.1) is 16.0 Å². The molecule has 0 N–H and O–H groups in total. The lowest BCUT2D eigenvalue weighted by Crippen LogP contribution is -2.29. The third-order valence-corrected chi connectivity index (χ3v) is 5.01. The van der Waals surface area contributed by atoms with E-state index in [0.29, 0.717) is 15.4 Å². The summed E-state index contributed by atoms with van der Waals surface area (Å²) >= 11 is 8.52. The number of hydrogen-bond donors (Lipinski definition) is 0. The van der Waals surface area contributed by atoms with Crippen LogP contribution in [0.25, 0.3) is 0 Å². The van der Waals surface area contributed by atoms with E-state index in [4.69, 9.17) is 11.6 Å². The third-order valence-electron chi connectivity index (χ3n) is 2.79. The molecule has 23 heavy (non-hydrogen) atoms. The molecule has 0 atom stereocenters. The Morgan fingerprint density at radius 1 is 1.52 bits per heavy atom. The molecule has 0 aliphatic rings. The van der Waals surface area contributed by atoms with Crippen molar-refractivity contribution in [3.8, 4) is 0 Å². The van der Waals surface area contributed by atoms with Crippen molar-refractivity contribution >= 4 is 39.5 Å². The van der Waals surface area contributed by atoms with Crippen LogP contribution in [-0.2, 0) is 6.54 Å². The van der Waals surface area contributed by atoms with Crippen molar-refractivity contribution in [1.82, 2.24) is 9.88 Å². The fraction of sp³-hybridized carbons (Fsp3) is 0.571. The molecule has 0 aliphatic carbocycles. The summed E-state index contributed by atoms with van der Waals surface area (Å²) in [5.41, 5.74) is 1.10. The van der Waals surface area contributed by atoms with Gasteiger partial charge in [0.1, 0.15) is 5.15 Å². The molecule has 0 amide bonds. The van der Waals surface area contributed by atoms with Crippen LogP contribution in [0.5, 0.6) is 0 Å². The minimum absolute atomic E-state index is 0.479. The number of halogens is 1. The molecule has 0 unspecified atom stereocenters.